The van der Waals surface area contributed by atoms with Crippen molar-refractivity contribution in [1.82, 2.24) is 4.98 Å². The van der Waals surface area contributed by atoms with Crippen LogP contribution in [0, 0.1) is 5.82 Å². The predicted molar refractivity (Wildman–Crippen MR) is 72.6 cm³/mol. The second-order valence-corrected chi connectivity index (χ2v) is 5.08. The Bertz CT molecular complexity index is 652. The highest BCUT2D eigenvalue weighted by molar-refractivity contribution is 7.17. The van der Waals surface area contributed by atoms with Crippen LogP contribution in [0.2, 0.25) is 0 Å². The third-order valence-corrected chi connectivity index (χ3v) is 3.46. The van der Waals surface area contributed by atoms with Crippen LogP contribution in [0.4, 0.5) is 9.52 Å². The van der Waals surface area contributed by atoms with Crippen LogP contribution in [0.1, 0.15) is 27.9 Å². The van der Waals surface area contributed by atoms with E-state index in [2.05, 4.69) is 10.3 Å². The highest BCUT2D eigenvalue weighted by atomic mass is 32.1. The number of aromatic nitrogens is 1. The van der Waals surface area contributed by atoms with Crippen LogP contribution in [0.15, 0.2) is 24.3 Å². The Morgan fingerprint density at radius 3 is 2.55 bits per heavy atom. The first-order valence-corrected chi connectivity index (χ1v) is 6.52. The summed E-state index contributed by atoms with van der Waals surface area (Å²) in [6.07, 6.45) is 0.262. The van der Waals surface area contributed by atoms with E-state index in [1.165, 1.54) is 19.1 Å². The molecular weight excluding hydrogens is 283 g/mol. The third kappa shape index (κ3) is 3.39. The number of aromatic carboxylic acids is 1. The number of carboxylic acids is 1. The fourth-order valence-corrected chi connectivity index (χ4v) is 2.51. The fourth-order valence-electron chi connectivity index (χ4n) is 1.64. The first kappa shape index (κ1) is 14.1. The van der Waals surface area contributed by atoms with Gasteiger partial charge in [0.1, 0.15) is 10.7 Å². The maximum Gasteiger partial charge on any atom is 0.347 e. The van der Waals surface area contributed by atoms with Gasteiger partial charge in [-0.15, -0.1) is 0 Å². The lowest BCUT2D eigenvalue weighted by Crippen LogP contribution is -2.05. The van der Waals surface area contributed by atoms with Crippen LogP contribution < -0.4 is 5.32 Å². The van der Waals surface area contributed by atoms with Gasteiger partial charge in [0.05, 0.1) is 5.69 Å². The van der Waals surface area contributed by atoms with E-state index in [1.807, 2.05) is 0 Å². The second-order valence-electron chi connectivity index (χ2n) is 4.08. The topological polar surface area (TPSA) is 79.3 Å². The van der Waals surface area contributed by atoms with Gasteiger partial charge in [-0.25, -0.2) is 14.2 Å². The molecule has 0 saturated carbocycles. The Morgan fingerprint density at radius 2 is 2.00 bits per heavy atom. The number of carbonyl (C=O) groups is 2. The van der Waals surface area contributed by atoms with E-state index in [0.29, 0.717) is 5.69 Å². The maximum absolute atomic E-state index is 12.8. The quantitative estimate of drug-likeness (QED) is 0.908. The van der Waals surface area contributed by atoms with Gasteiger partial charge >= 0.3 is 5.97 Å². The Labute approximate surface area is 118 Å². The smallest absolute Gasteiger partial charge is 0.347 e. The van der Waals surface area contributed by atoms with Crippen LogP contribution in [-0.4, -0.2) is 22.0 Å². The number of anilines is 1. The van der Waals surface area contributed by atoms with Gasteiger partial charge in [0.25, 0.3) is 0 Å². The number of benzene rings is 1. The number of halogens is 1. The van der Waals surface area contributed by atoms with Gasteiger partial charge in [-0.1, -0.05) is 23.5 Å². The molecule has 0 unspecified atom stereocenters. The zero-order valence-corrected chi connectivity index (χ0v) is 11.3. The minimum atomic E-state index is -1.10. The highest BCUT2D eigenvalue weighted by Crippen LogP contribution is 2.25. The summed E-state index contributed by atoms with van der Waals surface area (Å²) in [7, 11) is 0. The molecule has 0 aliphatic carbocycles. The lowest BCUT2D eigenvalue weighted by atomic mass is 10.1. The van der Waals surface area contributed by atoms with E-state index in [-0.39, 0.29) is 28.2 Å². The Kier molecular flexibility index (Phi) is 4.09. The summed E-state index contributed by atoms with van der Waals surface area (Å²) in [5, 5.41) is 11.8. The molecule has 0 aliphatic heterocycles. The van der Waals surface area contributed by atoms with Crippen molar-refractivity contribution in [3.05, 3.63) is 46.2 Å². The molecule has 7 heteroatoms. The molecular formula is C13H11FN2O3S. The van der Waals surface area contributed by atoms with Crippen LogP contribution in [0.25, 0.3) is 0 Å². The van der Waals surface area contributed by atoms with Gasteiger partial charge in [-0.2, -0.15) is 0 Å². The average Bonchev–Trinajstić information content (AvgIpc) is 2.74. The normalized spacial score (nSPS) is 10.3. The van der Waals surface area contributed by atoms with Gasteiger partial charge in [0, 0.05) is 13.3 Å². The molecule has 5 nitrogen and oxygen atoms in total. The number of hydrogen-bond donors (Lipinski definition) is 2. The van der Waals surface area contributed by atoms with E-state index in [1.54, 1.807) is 12.1 Å². The van der Waals surface area contributed by atoms with E-state index in [0.717, 1.165) is 16.9 Å². The number of thiazole rings is 1. The highest BCUT2D eigenvalue weighted by Gasteiger charge is 2.18. The molecule has 0 fully saturated rings. The van der Waals surface area contributed by atoms with Crippen molar-refractivity contribution < 1.29 is 19.1 Å². The molecule has 1 aromatic heterocycles. The molecule has 2 rings (SSSR count). The number of rotatable bonds is 4. The molecule has 1 heterocycles. The third-order valence-electron chi connectivity index (χ3n) is 2.46. The van der Waals surface area contributed by atoms with Crippen LogP contribution in [-0.2, 0) is 11.2 Å². The maximum atomic E-state index is 12.8. The van der Waals surface area contributed by atoms with Gasteiger partial charge in [0.2, 0.25) is 5.91 Å². The molecule has 0 saturated heterocycles. The minimum Gasteiger partial charge on any atom is -0.477 e. The van der Waals surface area contributed by atoms with E-state index >= 15 is 0 Å². The van der Waals surface area contributed by atoms with E-state index < -0.39 is 5.97 Å². The summed E-state index contributed by atoms with van der Waals surface area (Å²) in [5.41, 5.74) is 1.09. The number of nitrogens with zero attached hydrogens (tertiary/aromatic N) is 1. The molecule has 0 spiro atoms. The van der Waals surface area contributed by atoms with Gasteiger partial charge in [-0.3, -0.25) is 4.79 Å². The number of carboxylic acid groups (broad SMARTS) is 1. The number of nitrogens with one attached hydrogen (secondary N) is 1. The molecule has 0 radical (unpaired) electrons. The van der Waals surface area contributed by atoms with Gasteiger partial charge < -0.3 is 10.4 Å². The molecule has 1 amide bonds. The monoisotopic (exact) mass is 294 g/mol. The SMILES string of the molecule is CC(=O)Nc1nc(Cc2ccc(F)cc2)c(C(=O)O)s1. The molecule has 2 aromatic rings. The fraction of sp³-hybridized carbons (Fsp3) is 0.154. The van der Waals surface area contributed by atoms with Gasteiger partial charge in [0.15, 0.2) is 5.13 Å². The summed E-state index contributed by atoms with van der Waals surface area (Å²) >= 11 is 0.902. The molecule has 20 heavy (non-hydrogen) atoms. The van der Waals surface area contributed by atoms with Crippen molar-refractivity contribution in [3.8, 4) is 0 Å². The zero-order valence-electron chi connectivity index (χ0n) is 10.5. The van der Waals surface area contributed by atoms with Gasteiger partial charge in [-0.05, 0) is 17.7 Å². The summed E-state index contributed by atoms with van der Waals surface area (Å²) < 4.78 is 12.8. The lowest BCUT2D eigenvalue weighted by Gasteiger charge is -1.99. The van der Waals surface area contributed by atoms with Crippen molar-refractivity contribution >= 4 is 28.3 Å². The Morgan fingerprint density at radius 1 is 1.35 bits per heavy atom. The minimum absolute atomic E-state index is 0.0677. The Hall–Kier alpha value is -2.28. The molecule has 0 bridgehead atoms. The van der Waals surface area contributed by atoms with Crippen LogP contribution in [0.3, 0.4) is 0 Å². The standard InChI is InChI=1S/C13H11FN2O3S/c1-7(17)15-13-16-10(11(20-13)12(18)19)6-8-2-4-9(14)5-3-8/h2-5H,6H2,1H3,(H,18,19)(H,15,16,17). The average molecular weight is 294 g/mol. The number of amides is 1. The van der Waals surface area contributed by atoms with Crippen molar-refractivity contribution in [2.75, 3.05) is 5.32 Å². The largest absolute Gasteiger partial charge is 0.477 e. The van der Waals surface area contributed by atoms with E-state index in [4.69, 9.17) is 5.11 Å². The molecule has 0 aliphatic rings. The lowest BCUT2D eigenvalue weighted by molar-refractivity contribution is -0.114. The summed E-state index contributed by atoms with van der Waals surface area (Å²) in [4.78, 5) is 26.3. The van der Waals surface area contributed by atoms with Crippen molar-refractivity contribution in [2.24, 2.45) is 0 Å². The molecule has 104 valence electrons. The molecule has 0 atom stereocenters. The second kappa shape index (κ2) is 5.79. The van der Waals surface area contributed by atoms with Crippen molar-refractivity contribution in [2.45, 2.75) is 13.3 Å². The Balaban J connectivity index is 2.29. The summed E-state index contributed by atoms with van der Waals surface area (Å²) in [6.45, 7) is 1.32. The molecule has 1 aromatic carbocycles. The van der Waals surface area contributed by atoms with Crippen LogP contribution in [0.5, 0.6) is 0 Å². The summed E-state index contributed by atoms with van der Waals surface area (Å²) in [5.74, 6) is -1.77. The van der Waals surface area contributed by atoms with Crippen LogP contribution >= 0.6 is 11.3 Å². The zero-order chi connectivity index (χ0) is 14.7. The first-order chi connectivity index (χ1) is 9.45. The number of carbonyl (C=O) groups excluding carboxylic acids is 1. The van der Waals surface area contributed by atoms with Crippen molar-refractivity contribution in [3.63, 3.8) is 0 Å². The number of hydrogen-bond acceptors (Lipinski definition) is 4. The molecule has 2 N–H and O–H groups in total. The van der Waals surface area contributed by atoms with E-state index in [9.17, 15) is 14.0 Å². The van der Waals surface area contributed by atoms with Crippen molar-refractivity contribution in [1.29, 1.82) is 0 Å². The predicted octanol–water partition coefficient (Wildman–Crippen LogP) is 2.53. The first-order valence-electron chi connectivity index (χ1n) is 5.70. The summed E-state index contributed by atoms with van der Waals surface area (Å²) in [6, 6.07) is 5.74.